The summed E-state index contributed by atoms with van der Waals surface area (Å²) in [6.07, 6.45) is 0.916. The Morgan fingerprint density at radius 1 is 1.53 bits per heavy atom. The molecule has 2 rings (SSSR count). The van der Waals surface area contributed by atoms with Gasteiger partial charge in [-0.3, -0.25) is 4.79 Å². The summed E-state index contributed by atoms with van der Waals surface area (Å²) >= 11 is 0. The number of carboxylic acid groups (broad SMARTS) is 1. The Hall–Kier alpha value is -1.71. The van der Waals surface area contributed by atoms with Crippen LogP contribution in [0.25, 0.3) is 0 Å². The van der Waals surface area contributed by atoms with E-state index in [2.05, 4.69) is 0 Å². The van der Waals surface area contributed by atoms with Crippen LogP contribution in [0, 0.1) is 0 Å². The molecule has 0 amide bonds. The number of ether oxygens (including phenoxy) is 2. The summed E-state index contributed by atoms with van der Waals surface area (Å²) in [6.45, 7) is 0.920. The predicted molar refractivity (Wildman–Crippen MR) is 53.4 cm³/mol. The average molecular weight is 208 g/mol. The molecular formula is C11H12O4. The normalized spacial score (nSPS) is 13.1. The van der Waals surface area contributed by atoms with E-state index in [-0.39, 0.29) is 13.0 Å². The Balaban J connectivity index is 1.95. The summed E-state index contributed by atoms with van der Waals surface area (Å²) in [5.41, 5.74) is 1.13. The fourth-order valence-corrected chi connectivity index (χ4v) is 1.51. The maximum Gasteiger partial charge on any atom is 0.306 e. The van der Waals surface area contributed by atoms with Gasteiger partial charge in [0, 0.05) is 12.0 Å². The van der Waals surface area contributed by atoms with Crippen molar-refractivity contribution in [3.63, 3.8) is 0 Å². The van der Waals surface area contributed by atoms with Crippen molar-refractivity contribution in [3.05, 3.63) is 23.8 Å². The van der Waals surface area contributed by atoms with E-state index in [4.69, 9.17) is 14.6 Å². The molecule has 4 nitrogen and oxygen atoms in total. The van der Waals surface area contributed by atoms with Crippen molar-refractivity contribution in [1.29, 1.82) is 0 Å². The van der Waals surface area contributed by atoms with Crippen molar-refractivity contribution in [3.8, 4) is 11.5 Å². The molecule has 0 fully saturated rings. The van der Waals surface area contributed by atoms with Crippen molar-refractivity contribution in [2.45, 2.75) is 12.8 Å². The number of rotatable bonds is 4. The first-order valence-corrected chi connectivity index (χ1v) is 4.86. The first-order valence-electron chi connectivity index (χ1n) is 4.86. The lowest BCUT2D eigenvalue weighted by atomic mass is 10.1. The standard InChI is InChI=1S/C11H12O4/c12-11(13)4-6-14-9-1-2-10-8(7-9)3-5-15-10/h1-2,7H,3-6H2,(H,12,13). The predicted octanol–water partition coefficient (Wildman–Crippen LogP) is 1.47. The summed E-state index contributed by atoms with van der Waals surface area (Å²) in [5.74, 6) is 0.764. The number of hydrogen-bond donors (Lipinski definition) is 1. The van der Waals surface area contributed by atoms with Gasteiger partial charge >= 0.3 is 5.97 Å². The molecule has 0 saturated carbocycles. The summed E-state index contributed by atoms with van der Waals surface area (Å²) in [6, 6.07) is 5.56. The van der Waals surface area contributed by atoms with Gasteiger partial charge in [0.15, 0.2) is 0 Å². The first-order chi connectivity index (χ1) is 7.25. The Labute approximate surface area is 87.4 Å². The van der Waals surface area contributed by atoms with Gasteiger partial charge in [-0.25, -0.2) is 0 Å². The third kappa shape index (κ3) is 2.40. The molecule has 0 unspecified atom stereocenters. The molecule has 1 aliphatic heterocycles. The van der Waals surface area contributed by atoms with Crippen molar-refractivity contribution in [1.82, 2.24) is 0 Å². The van der Waals surface area contributed by atoms with Crippen LogP contribution in [0.5, 0.6) is 11.5 Å². The molecule has 1 aliphatic rings. The zero-order chi connectivity index (χ0) is 10.7. The lowest BCUT2D eigenvalue weighted by Crippen LogP contribution is -2.04. The summed E-state index contributed by atoms with van der Waals surface area (Å²) in [7, 11) is 0. The van der Waals surface area contributed by atoms with Crippen LogP contribution >= 0.6 is 0 Å². The summed E-state index contributed by atoms with van der Waals surface area (Å²) < 4.78 is 10.7. The second kappa shape index (κ2) is 4.21. The van der Waals surface area contributed by atoms with Gasteiger partial charge in [0.2, 0.25) is 0 Å². The minimum absolute atomic E-state index is 0.0214. The zero-order valence-electron chi connectivity index (χ0n) is 8.23. The highest BCUT2D eigenvalue weighted by Crippen LogP contribution is 2.28. The van der Waals surface area contributed by atoms with E-state index in [1.54, 1.807) is 6.07 Å². The third-order valence-electron chi connectivity index (χ3n) is 2.25. The lowest BCUT2D eigenvalue weighted by molar-refractivity contribution is -0.137. The highest BCUT2D eigenvalue weighted by molar-refractivity contribution is 5.66. The van der Waals surface area contributed by atoms with Gasteiger partial charge in [-0.05, 0) is 18.2 Å². The number of carboxylic acids is 1. The van der Waals surface area contributed by atoms with Crippen molar-refractivity contribution >= 4 is 5.97 Å². The Morgan fingerprint density at radius 3 is 3.20 bits per heavy atom. The molecule has 0 bridgehead atoms. The molecule has 0 radical (unpaired) electrons. The van der Waals surface area contributed by atoms with Crippen LogP contribution in [0.3, 0.4) is 0 Å². The summed E-state index contributed by atoms with van der Waals surface area (Å²) in [4.78, 5) is 10.3. The van der Waals surface area contributed by atoms with E-state index in [0.717, 1.165) is 17.7 Å². The van der Waals surface area contributed by atoms with Gasteiger partial charge in [-0.1, -0.05) is 0 Å². The Morgan fingerprint density at radius 2 is 2.40 bits per heavy atom. The van der Waals surface area contributed by atoms with Gasteiger partial charge in [-0.2, -0.15) is 0 Å². The van der Waals surface area contributed by atoms with E-state index in [9.17, 15) is 4.79 Å². The Bertz CT molecular complexity index is 373. The molecule has 15 heavy (non-hydrogen) atoms. The lowest BCUT2D eigenvalue weighted by Gasteiger charge is -2.05. The second-order valence-corrected chi connectivity index (χ2v) is 3.36. The van der Waals surface area contributed by atoms with E-state index >= 15 is 0 Å². The number of carbonyl (C=O) groups is 1. The van der Waals surface area contributed by atoms with E-state index in [0.29, 0.717) is 12.4 Å². The molecule has 1 N–H and O–H groups in total. The fraction of sp³-hybridized carbons (Fsp3) is 0.364. The molecule has 0 saturated heterocycles. The third-order valence-corrected chi connectivity index (χ3v) is 2.25. The van der Waals surface area contributed by atoms with E-state index in [1.807, 2.05) is 12.1 Å². The second-order valence-electron chi connectivity index (χ2n) is 3.36. The molecule has 1 heterocycles. The molecule has 1 aromatic rings. The quantitative estimate of drug-likeness (QED) is 0.814. The fourth-order valence-electron chi connectivity index (χ4n) is 1.51. The average Bonchev–Trinajstić information content (AvgIpc) is 2.64. The van der Waals surface area contributed by atoms with Crippen LogP contribution in [-0.4, -0.2) is 24.3 Å². The van der Waals surface area contributed by atoms with Crippen LogP contribution in [0.2, 0.25) is 0 Å². The first kappa shape index (κ1) is 9.83. The maximum absolute atomic E-state index is 10.3. The van der Waals surface area contributed by atoms with Gasteiger partial charge < -0.3 is 14.6 Å². The number of benzene rings is 1. The zero-order valence-corrected chi connectivity index (χ0v) is 8.23. The highest BCUT2D eigenvalue weighted by Gasteiger charge is 2.12. The Kier molecular flexibility index (Phi) is 2.76. The number of fused-ring (bicyclic) bond motifs is 1. The van der Waals surface area contributed by atoms with Crippen LogP contribution in [0.4, 0.5) is 0 Å². The number of hydrogen-bond acceptors (Lipinski definition) is 3. The van der Waals surface area contributed by atoms with E-state index < -0.39 is 5.97 Å². The highest BCUT2D eigenvalue weighted by atomic mass is 16.5. The largest absolute Gasteiger partial charge is 0.493 e. The molecule has 0 aliphatic carbocycles. The smallest absolute Gasteiger partial charge is 0.306 e. The van der Waals surface area contributed by atoms with Gasteiger partial charge in [0.05, 0.1) is 19.6 Å². The van der Waals surface area contributed by atoms with Gasteiger partial charge in [0.1, 0.15) is 11.5 Å². The topological polar surface area (TPSA) is 55.8 Å². The van der Waals surface area contributed by atoms with Gasteiger partial charge in [-0.15, -0.1) is 0 Å². The molecule has 1 aromatic carbocycles. The SMILES string of the molecule is O=C(O)CCOc1ccc2c(c1)CCO2. The van der Waals surface area contributed by atoms with Crippen LogP contribution in [-0.2, 0) is 11.2 Å². The molecular weight excluding hydrogens is 196 g/mol. The van der Waals surface area contributed by atoms with Crippen LogP contribution in [0.1, 0.15) is 12.0 Å². The van der Waals surface area contributed by atoms with Crippen molar-refractivity contribution in [2.75, 3.05) is 13.2 Å². The molecule has 80 valence electrons. The van der Waals surface area contributed by atoms with Crippen molar-refractivity contribution < 1.29 is 19.4 Å². The number of aliphatic carboxylic acids is 1. The molecule has 0 aromatic heterocycles. The van der Waals surface area contributed by atoms with Crippen LogP contribution < -0.4 is 9.47 Å². The minimum atomic E-state index is -0.848. The van der Waals surface area contributed by atoms with Crippen LogP contribution in [0.15, 0.2) is 18.2 Å². The molecule has 0 atom stereocenters. The summed E-state index contributed by atoms with van der Waals surface area (Å²) in [5, 5.41) is 8.45. The minimum Gasteiger partial charge on any atom is -0.493 e. The monoisotopic (exact) mass is 208 g/mol. The molecule has 0 spiro atoms. The van der Waals surface area contributed by atoms with Crippen molar-refractivity contribution in [2.24, 2.45) is 0 Å². The molecule has 4 heteroatoms. The maximum atomic E-state index is 10.3. The van der Waals surface area contributed by atoms with E-state index in [1.165, 1.54) is 0 Å². The van der Waals surface area contributed by atoms with Gasteiger partial charge in [0.25, 0.3) is 0 Å².